The number of piperidine rings is 1. The zero-order valence-corrected chi connectivity index (χ0v) is 14.4. The van der Waals surface area contributed by atoms with Crippen molar-refractivity contribution < 1.29 is 4.74 Å². The lowest BCUT2D eigenvalue weighted by molar-refractivity contribution is 0.0503. The molecule has 0 aromatic rings. The van der Waals surface area contributed by atoms with Gasteiger partial charge in [-0.15, -0.1) is 0 Å². The van der Waals surface area contributed by atoms with Crippen molar-refractivity contribution in [1.29, 1.82) is 0 Å². The van der Waals surface area contributed by atoms with Crippen molar-refractivity contribution in [3.05, 3.63) is 0 Å². The molecular weight excluding hydrogens is 264 g/mol. The highest BCUT2D eigenvalue weighted by molar-refractivity contribution is 4.62. The Balaban J connectivity index is 0.000000157. The second-order valence-electron chi connectivity index (χ2n) is 6.33. The van der Waals surface area contributed by atoms with E-state index in [4.69, 9.17) is 4.74 Å². The fourth-order valence-corrected chi connectivity index (χ4v) is 2.48. The minimum absolute atomic E-state index is 0.913. The van der Waals surface area contributed by atoms with Gasteiger partial charge in [-0.25, -0.2) is 0 Å². The van der Waals surface area contributed by atoms with E-state index in [1.54, 1.807) is 0 Å². The molecule has 3 aliphatic heterocycles. The van der Waals surface area contributed by atoms with Gasteiger partial charge in [-0.2, -0.15) is 0 Å². The van der Waals surface area contributed by atoms with E-state index in [0.717, 1.165) is 39.4 Å². The molecule has 3 rings (SSSR count). The van der Waals surface area contributed by atoms with Crippen LogP contribution in [0.2, 0.25) is 0 Å². The number of hydrogen-bond donors (Lipinski definition) is 1. The number of likely N-dealkylation sites (tertiary alicyclic amines) is 1. The van der Waals surface area contributed by atoms with Crippen LogP contribution < -0.4 is 5.32 Å². The fraction of sp³-hybridized carbons (Fsp3) is 1.00. The molecule has 0 unspecified atom stereocenters. The minimum Gasteiger partial charge on any atom is -0.379 e. The van der Waals surface area contributed by atoms with Crippen LogP contribution in [0.3, 0.4) is 0 Å². The average molecular weight is 300 g/mol. The molecule has 0 bridgehead atoms. The van der Waals surface area contributed by atoms with Crippen molar-refractivity contribution in [2.45, 2.75) is 19.3 Å². The van der Waals surface area contributed by atoms with Crippen LogP contribution in [-0.2, 0) is 4.74 Å². The van der Waals surface area contributed by atoms with E-state index in [1.165, 1.54) is 45.4 Å². The topological polar surface area (TPSA) is 31.0 Å². The third-order valence-electron chi connectivity index (χ3n) is 4.15. The SMILES string of the molecule is CN1CCCCC1.CN1CCNCC1.CN1CCOCC1. The number of rotatable bonds is 0. The Morgan fingerprint density at radius 1 is 0.619 bits per heavy atom. The van der Waals surface area contributed by atoms with Gasteiger partial charge < -0.3 is 24.8 Å². The molecule has 0 aliphatic carbocycles. The third-order valence-corrected chi connectivity index (χ3v) is 4.15. The maximum absolute atomic E-state index is 5.10. The largest absolute Gasteiger partial charge is 0.379 e. The Morgan fingerprint density at radius 3 is 1.38 bits per heavy atom. The Kier molecular flexibility index (Phi) is 11.1. The van der Waals surface area contributed by atoms with E-state index in [1.807, 2.05) is 0 Å². The van der Waals surface area contributed by atoms with E-state index in [-0.39, 0.29) is 0 Å². The van der Waals surface area contributed by atoms with Gasteiger partial charge in [0.05, 0.1) is 13.2 Å². The molecule has 0 aromatic heterocycles. The predicted octanol–water partition coefficient (Wildman–Crippen LogP) is 0.572. The van der Waals surface area contributed by atoms with Gasteiger partial charge in [-0.3, -0.25) is 0 Å². The van der Waals surface area contributed by atoms with Crippen LogP contribution in [0.5, 0.6) is 0 Å². The first kappa shape index (κ1) is 18.8. The number of morpholine rings is 1. The molecule has 126 valence electrons. The van der Waals surface area contributed by atoms with Gasteiger partial charge in [-0.1, -0.05) is 6.42 Å². The molecule has 21 heavy (non-hydrogen) atoms. The van der Waals surface area contributed by atoms with Gasteiger partial charge in [0.15, 0.2) is 0 Å². The zero-order chi connectivity index (χ0) is 15.3. The summed E-state index contributed by atoms with van der Waals surface area (Å²) in [6, 6.07) is 0. The van der Waals surface area contributed by atoms with Crippen molar-refractivity contribution in [3.63, 3.8) is 0 Å². The van der Waals surface area contributed by atoms with Crippen molar-refractivity contribution >= 4 is 0 Å². The first-order chi connectivity index (χ1) is 10.2. The number of hydrogen-bond acceptors (Lipinski definition) is 5. The lowest BCUT2D eigenvalue weighted by Crippen LogP contribution is -2.40. The fourth-order valence-electron chi connectivity index (χ4n) is 2.48. The third kappa shape index (κ3) is 11.1. The first-order valence-corrected chi connectivity index (χ1v) is 8.52. The average Bonchev–Trinajstić information content (AvgIpc) is 2.51. The summed E-state index contributed by atoms with van der Waals surface area (Å²) in [7, 11) is 6.46. The van der Waals surface area contributed by atoms with Crippen molar-refractivity contribution in [1.82, 2.24) is 20.0 Å². The molecule has 0 amide bonds. The van der Waals surface area contributed by atoms with Crippen molar-refractivity contribution in [3.8, 4) is 0 Å². The second-order valence-corrected chi connectivity index (χ2v) is 6.33. The second kappa shape index (κ2) is 12.4. The molecular formula is C16H36N4O. The number of likely N-dealkylation sites (N-methyl/N-ethyl adjacent to an activating group) is 2. The van der Waals surface area contributed by atoms with Crippen molar-refractivity contribution in [2.75, 3.05) is 86.7 Å². The number of nitrogens with zero attached hydrogens (tertiary/aromatic N) is 3. The Morgan fingerprint density at radius 2 is 1.10 bits per heavy atom. The van der Waals surface area contributed by atoms with Crippen LogP contribution in [0.1, 0.15) is 19.3 Å². The highest BCUT2D eigenvalue weighted by Gasteiger charge is 2.03. The summed E-state index contributed by atoms with van der Waals surface area (Å²) in [6.07, 6.45) is 4.28. The Bertz CT molecular complexity index is 184. The predicted molar refractivity (Wildman–Crippen MR) is 90.0 cm³/mol. The number of piperazine rings is 1. The maximum atomic E-state index is 5.10. The monoisotopic (exact) mass is 300 g/mol. The van der Waals surface area contributed by atoms with E-state index in [2.05, 4.69) is 41.2 Å². The summed E-state index contributed by atoms with van der Waals surface area (Å²) in [5.74, 6) is 0. The summed E-state index contributed by atoms with van der Waals surface area (Å²) in [6.45, 7) is 11.4. The summed E-state index contributed by atoms with van der Waals surface area (Å²) >= 11 is 0. The Hall–Kier alpha value is -0.200. The Labute approximate surface area is 131 Å². The molecule has 5 nitrogen and oxygen atoms in total. The standard InChI is InChI=1S/C6H13N.C5H12N2.C5H11NO/c1-7-5-3-2-4-6-7;1-7-4-2-6-3-5-7;1-6-2-4-7-5-3-6/h2-6H2,1H3;6H,2-5H2,1H3;2-5H2,1H3. The maximum Gasteiger partial charge on any atom is 0.0594 e. The lowest BCUT2D eigenvalue weighted by Gasteiger charge is -2.21. The molecule has 0 saturated carbocycles. The van der Waals surface area contributed by atoms with Gasteiger partial charge in [0, 0.05) is 39.3 Å². The molecule has 1 N–H and O–H groups in total. The molecule has 0 spiro atoms. The lowest BCUT2D eigenvalue weighted by atomic mass is 10.1. The number of nitrogens with one attached hydrogen (secondary N) is 1. The molecule has 0 aromatic carbocycles. The zero-order valence-electron chi connectivity index (χ0n) is 14.4. The summed E-state index contributed by atoms with van der Waals surface area (Å²) in [4.78, 5) is 6.99. The van der Waals surface area contributed by atoms with Gasteiger partial charge in [-0.05, 0) is 47.1 Å². The molecule has 0 atom stereocenters. The molecule has 3 saturated heterocycles. The highest BCUT2D eigenvalue weighted by Crippen LogP contribution is 2.04. The van der Waals surface area contributed by atoms with Gasteiger partial charge in [0.1, 0.15) is 0 Å². The molecule has 3 heterocycles. The quantitative estimate of drug-likeness (QED) is 0.707. The van der Waals surface area contributed by atoms with E-state index < -0.39 is 0 Å². The van der Waals surface area contributed by atoms with Crippen LogP contribution in [0.15, 0.2) is 0 Å². The smallest absolute Gasteiger partial charge is 0.0594 e. The molecule has 3 fully saturated rings. The van der Waals surface area contributed by atoms with Crippen LogP contribution >= 0.6 is 0 Å². The van der Waals surface area contributed by atoms with Crippen LogP contribution in [0.4, 0.5) is 0 Å². The van der Waals surface area contributed by atoms with Crippen LogP contribution in [0.25, 0.3) is 0 Å². The summed E-state index contributed by atoms with van der Waals surface area (Å²) in [5, 5.41) is 3.27. The van der Waals surface area contributed by atoms with Crippen LogP contribution in [-0.4, -0.2) is 101 Å². The van der Waals surface area contributed by atoms with Gasteiger partial charge in [0.25, 0.3) is 0 Å². The van der Waals surface area contributed by atoms with Gasteiger partial charge in [0.2, 0.25) is 0 Å². The summed E-state index contributed by atoms with van der Waals surface area (Å²) in [5.41, 5.74) is 0. The number of ether oxygens (including phenoxy) is 1. The normalized spacial score (nSPS) is 25.3. The van der Waals surface area contributed by atoms with Gasteiger partial charge >= 0.3 is 0 Å². The van der Waals surface area contributed by atoms with Crippen LogP contribution in [0, 0.1) is 0 Å². The first-order valence-electron chi connectivity index (χ1n) is 8.52. The molecule has 5 heteroatoms. The molecule has 3 aliphatic rings. The van der Waals surface area contributed by atoms with E-state index >= 15 is 0 Å². The van der Waals surface area contributed by atoms with E-state index in [0.29, 0.717) is 0 Å². The molecule has 0 radical (unpaired) electrons. The van der Waals surface area contributed by atoms with Crippen molar-refractivity contribution in [2.24, 2.45) is 0 Å². The summed E-state index contributed by atoms with van der Waals surface area (Å²) < 4.78 is 5.10. The minimum atomic E-state index is 0.913. The highest BCUT2D eigenvalue weighted by atomic mass is 16.5. The van der Waals surface area contributed by atoms with E-state index in [9.17, 15) is 0 Å².